The van der Waals surface area contributed by atoms with Gasteiger partial charge < -0.3 is 10.4 Å². The minimum atomic E-state index is -1.85. The lowest BCUT2D eigenvalue weighted by atomic mass is 9.90. The molecule has 1 aliphatic rings. The molecule has 0 saturated heterocycles. The maximum Gasteiger partial charge on any atom is 0.269 e. The molecule has 21 heavy (non-hydrogen) atoms. The van der Waals surface area contributed by atoms with E-state index in [1.165, 1.54) is 18.2 Å². The van der Waals surface area contributed by atoms with E-state index in [1.54, 1.807) is 24.4 Å². The summed E-state index contributed by atoms with van der Waals surface area (Å²) in [6.45, 7) is 0. The number of nitro groups is 1. The number of benzene rings is 1. The van der Waals surface area contributed by atoms with Crippen molar-refractivity contribution in [3.05, 3.63) is 64.0 Å². The van der Waals surface area contributed by atoms with Crippen LogP contribution in [0.4, 0.5) is 11.4 Å². The fraction of sp³-hybridized carbons (Fsp3) is 0.143. The zero-order chi connectivity index (χ0) is 15.0. The van der Waals surface area contributed by atoms with E-state index in [9.17, 15) is 20.0 Å². The summed E-state index contributed by atoms with van der Waals surface area (Å²) in [6.07, 6.45) is 1.51. The van der Waals surface area contributed by atoms with Crippen molar-refractivity contribution in [2.75, 3.05) is 5.32 Å². The number of aliphatic hydroxyl groups is 1. The number of hydrogen-bond donors (Lipinski definition) is 2. The van der Waals surface area contributed by atoms with E-state index in [1.807, 2.05) is 0 Å². The van der Waals surface area contributed by atoms with Gasteiger partial charge in [0.25, 0.3) is 11.6 Å². The molecule has 1 aromatic carbocycles. The van der Waals surface area contributed by atoms with E-state index in [-0.39, 0.29) is 17.7 Å². The summed E-state index contributed by atoms with van der Waals surface area (Å²) >= 11 is 0. The van der Waals surface area contributed by atoms with Crippen molar-refractivity contribution in [2.45, 2.75) is 12.0 Å². The third kappa shape index (κ3) is 2.13. The van der Waals surface area contributed by atoms with Gasteiger partial charge in [-0.15, -0.1) is 0 Å². The minimum absolute atomic E-state index is 0.0478. The number of nitro benzene ring substituents is 1. The Labute approximate surface area is 119 Å². The number of rotatable bonds is 3. The molecular formula is C14H11N3O4. The van der Waals surface area contributed by atoms with Crippen LogP contribution in [0, 0.1) is 10.1 Å². The lowest BCUT2D eigenvalue weighted by Gasteiger charge is -2.20. The molecule has 2 heterocycles. The largest absolute Gasteiger partial charge is 0.375 e. The highest BCUT2D eigenvalue weighted by Gasteiger charge is 2.46. The van der Waals surface area contributed by atoms with Crippen molar-refractivity contribution in [1.29, 1.82) is 0 Å². The average Bonchev–Trinajstić information content (AvgIpc) is 2.71. The average molecular weight is 285 g/mol. The highest BCUT2D eigenvalue weighted by Crippen LogP contribution is 2.39. The van der Waals surface area contributed by atoms with Crippen LogP contribution in [0.5, 0.6) is 0 Å². The second-order valence-electron chi connectivity index (χ2n) is 4.80. The molecule has 1 unspecified atom stereocenters. The predicted octanol–water partition coefficient (Wildman–Crippen LogP) is 1.37. The summed E-state index contributed by atoms with van der Waals surface area (Å²) in [7, 11) is 0. The van der Waals surface area contributed by atoms with Crippen molar-refractivity contribution in [2.24, 2.45) is 0 Å². The predicted molar refractivity (Wildman–Crippen MR) is 73.6 cm³/mol. The first-order valence-electron chi connectivity index (χ1n) is 6.23. The van der Waals surface area contributed by atoms with Gasteiger partial charge in [0.2, 0.25) is 0 Å². The van der Waals surface area contributed by atoms with Crippen molar-refractivity contribution in [3.63, 3.8) is 0 Å². The lowest BCUT2D eigenvalue weighted by Crippen LogP contribution is -2.36. The van der Waals surface area contributed by atoms with Gasteiger partial charge in [-0.2, -0.15) is 0 Å². The molecule has 1 atom stereocenters. The number of amides is 1. The van der Waals surface area contributed by atoms with Crippen molar-refractivity contribution in [3.8, 4) is 0 Å². The third-order valence-corrected chi connectivity index (χ3v) is 3.45. The van der Waals surface area contributed by atoms with Crippen LogP contribution in [0.25, 0.3) is 0 Å². The van der Waals surface area contributed by atoms with Crippen LogP contribution < -0.4 is 5.32 Å². The first kappa shape index (κ1) is 13.2. The van der Waals surface area contributed by atoms with Gasteiger partial charge >= 0.3 is 0 Å². The first-order valence-corrected chi connectivity index (χ1v) is 6.23. The second-order valence-corrected chi connectivity index (χ2v) is 4.80. The molecule has 3 rings (SSSR count). The van der Waals surface area contributed by atoms with Crippen LogP contribution in [-0.4, -0.2) is 20.9 Å². The molecule has 2 N–H and O–H groups in total. The van der Waals surface area contributed by atoms with Gasteiger partial charge in [0.05, 0.1) is 4.92 Å². The standard InChI is InChI=1S/C14H11N3O4/c18-13-14(19,8-9-3-1-2-6-15-9)11-7-10(17(20)21)4-5-12(11)16-13/h1-7,19H,8H2,(H,16,18). The molecule has 0 aliphatic carbocycles. The number of non-ortho nitro benzene ring substituents is 1. The van der Waals surface area contributed by atoms with Gasteiger partial charge in [-0.25, -0.2) is 0 Å². The van der Waals surface area contributed by atoms with Crippen molar-refractivity contribution >= 4 is 17.3 Å². The summed E-state index contributed by atoms with van der Waals surface area (Å²) in [5, 5.41) is 24.1. The molecule has 7 heteroatoms. The van der Waals surface area contributed by atoms with Gasteiger partial charge in [0.15, 0.2) is 5.60 Å². The molecular weight excluding hydrogens is 274 g/mol. The van der Waals surface area contributed by atoms with Gasteiger partial charge in [0, 0.05) is 41.7 Å². The molecule has 0 bridgehead atoms. The van der Waals surface area contributed by atoms with Crippen LogP contribution in [0.1, 0.15) is 11.3 Å². The van der Waals surface area contributed by atoms with E-state index in [0.29, 0.717) is 11.4 Å². The summed E-state index contributed by atoms with van der Waals surface area (Å²) in [4.78, 5) is 26.5. The van der Waals surface area contributed by atoms with Crippen LogP contribution in [-0.2, 0) is 16.8 Å². The van der Waals surface area contributed by atoms with Crippen molar-refractivity contribution in [1.82, 2.24) is 4.98 Å². The summed E-state index contributed by atoms with van der Waals surface area (Å²) in [5.41, 5.74) is -0.925. The molecule has 1 aliphatic heterocycles. The van der Waals surface area contributed by atoms with Crippen LogP contribution in [0.15, 0.2) is 42.6 Å². The highest BCUT2D eigenvalue weighted by atomic mass is 16.6. The quantitative estimate of drug-likeness (QED) is 0.654. The van der Waals surface area contributed by atoms with Gasteiger partial charge in [-0.1, -0.05) is 6.07 Å². The Morgan fingerprint density at radius 3 is 2.81 bits per heavy atom. The van der Waals surface area contributed by atoms with Gasteiger partial charge in [0.1, 0.15) is 0 Å². The molecule has 1 amide bonds. The lowest BCUT2D eigenvalue weighted by molar-refractivity contribution is -0.385. The van der Waals surface area contributed by atoms with E-state index in [4.69, 9.17) is 0 Å². The Balaban J connectivity index is 2.06. The molecule has 1 aromatic heterocycles. The van der Waals surface area contributed by atoms with E-state index in [0.717, 1.165) is 0 Å². The van der Waals surface area contributed by atoms with Crippen molar-refractivity contribution < 1.29 is 14.8 Å². The molecule has 0 fully saturated rings. The SMILES string of the molecule is O=C1Nc2ccc([N+](=O)[O-])cc2C1(O)Cc1ccccn1. The Hall–Kier alpha value is -2.80. The fourth-order valence-electron chi connectivity index (χ4n) is 2.39. The number of nitrogens with one attached hydrogen (secondary N) is 1. The number of carbonyl (C=O) groups is 1. The Morgan fingerprint density at radius 1 is 1.33 bits per heavy atom. The monoisotopic (exact) mass is 285 g/mol. The zero-order valence-electron chi connectivity index (χ0n) is 10.8. The third-order valence-electron chi connectivity index (χ3n) is 3.45. The summed E-state index contributed by atoms with van der Waals surface area (Å²) in [5.74, 6) is -0.608. The zero-order valence-corrected chi connectivity index (χ0v) is 10.8. The number of aromatic nitrogens is 1. The molecule has 7 nitrogen and oxygen atoms in total. The normalized spacial score (nSPS) is 20.0. The van der Waals surface area contributed by atoms with Gasteiger partial charge in [-0.3, -0.25) is 19.9 Å². The summed E-state index contributed by atoms with van der Waals surface area (Å²) in [6, 6.07) is 9.07. The highest BCUT2D eigenvalue weighted by molar-refractivity contribution is 6.05. The van der Waals surface area contributed by atoms with E-state index >= 15 is 0 Å². The minimum Gasteiger partial charge on any atom is -0.375 e. The molecule has 2 aromatic rings. The number of carbonyl (C=O) groups excluding carboxylic acids is 1. The molecule has 0 saturated carbocycles. The van der Waals surface area contributed by atoms with Crippen LogP contribution in [0.2, 0.25) is 0 Å². The topological polar surface area (TPSA) is 105 Å². The van der Waals surface area contributed by atoms with E-state index in [2.05, 4.69) is 10.3 Å². The van der Waals surface area contributed by atoms with E-state index < -0.39 is 16.4 Å². The molecule has 0 spiro atoms. The Kier molecular flexibility index (Phi) is 2.91. The number of nitrogens with zero attached hydrogens (tertiary/aromatic N) is 2. The maximum absolute atomic E-state index is 12.1. The molecule has 106 valence electrons. The Bertz CT molecular complexity index is 732. The molecule has 0 radical (unpaired) electrons. The maximum atomic E-state index is 12.1. The Morgan fingerprint density at radius 2 is 2.14 bits per heavy atom. The second kappa shape index (κ2) is 4.64. The number of hydrogen-bond acceptors (Lipinski definition) is 5. The smallest absolute Gasteiger partial charge is 0.269 e. The van der Waals surface area contributed by atoms with Crippen LogP contribution in [0.3, 0.4) is 0 Å². The number of fused-ring (bicyclic) bond motifs is 1. The first-order chi connectivity index (χ1) is 10.0. The number of anilines is 1. The van der Waals surface area contributed by atoms with Crippen LogP contribution >= 0.6 is 0 Å². The summed E-state index contributed by atoms with van der Waals surface area (Å²) < 4.78 is 0. The number of pyridine rings is 1. The van der Waals surface area contributed by atoms with Gasteiger partial charge in [-0.05, 0) is 18.2 Å². The fourth-order valence-corrected chi connectivity index (χ4v) is 2.39.